The number of rotatable bonds is 8. The summed E-state index contributed by atoms with van der Waals surface area (Å²) in [5, 5.41) is 0. The maximum Gasteiger partial charge on any atom is 0.357 e. The van der Waals surface area contributed by atoms with Crippen LogP contribution in [0.5, 0.6) is 0 Å². The van der Waals surface area contributed by atoms with E-state index in [4.69, 9.17) is 9.47 Å². The maximum absolute atomic E-state index is 11.6. The first-order chi connectivity index (χ1) is 17.6. The van der Waals surface area contributed by atoms with Gasteiger partial charge < -0.3 is 9.47 Å². The summed E-state index contributed by atoms with van der Waals surface area (Å²) < 4.78 is 9.45. The molecule has 6 nitrogen and oxygen atoms in total. The molecule has 0 atom stereocenters. The predicted octanol–water partition coefficient (Wildman–Crippen LogP) is 6.32. The van der Waals surface area contributed by atoms with Crippen molar-refractivity contribution in [3.8, 4) is 0 Å². The number of pyridine rings is 2. The third-order valence-corrected chi connectivity index (χ3v) is 7.07. The van der Waals surface area contributed by atoms with Gasteiger partial charge in [-0.1, -0.05) is 60.7 Å². The fourth-order valence-corrected chi connectivity index (χ4v) is 4.92. The van der Waals surface area contributed by atoms with Crippen LogP contribution in [-0.4, -0.2) is 36.1 Å². The topological polar surface area (TPSA) is 78.4 Å². The molecule has 2 aromatic heterocycles. The highest BCUT2D eigenvalue weighted by Gasteiger charge is 2.13. The highest BCUT2D eigenvalue weighted by atomic mass is 32.2. The predicted molar refractivity (Wildman–Crippen MR) is 143 cm³/mol. The summed E-state index contributed by atoms with van der Waals surface area (Å²) in [7, 11) is 2.74. The summed E-state index contributed by atoms with van der Waals surface area (Å²) in [6.07, 6.45) is 4.82. The number of carbonyl (C=O) groups is 2. The number of methoxy groups -OCH3 is 2. The molecule has 0 aliphatic rings. The van der Waals surface area contributed by atoms with Gasteiger partial charge in [-0.15, -0.1) is 23.5 Å². The Kier molecular flexibility index (Phi) is 11.0. The van der Waals surface area contributed by atoms with Crippen LogP contribution in [0.25, 0.3) is 0 Å². The normalized spacial score (nSPS) is 10.1. The van der Waals surface area contributed by atoms with E-state index in [1.54, 1.807) is 42.1 Å². The van der Waals surface area contributed by atoms with Gasteiger partial charge in [-0.05, 0) is 29.3 Å². The average Bonchev–Trinajstić information content (AvgIpc) is 2.96. The minimum absolute atomic E-state index is 0.348. The lowest BCUT2D eigenvalue weighted by Gasteiger charge is -2.06. The van der Waals surface area contributed by atoms with E-state index in [2.05, 4.69) is 34.2 Å². The first kappa shape index (κ1) is 27.0. The molecular weight excluding hydrogens is 492 g/mol. The number of hydrogen-bond donors (Lipinski definition) is 0. The number of thioether (sulfide) groups is 2. The highest BCUT2D eigenvalue weighted by Crippen LogP contribution is 2.26. The van der Waals surface area contributed by atoms with Crippen LogP contribution in [0.4, 0.5) is 0 Å². The Balaban J connectivity index is 0.000000201. The zero-order valence-electron chi connectivity index (χ0n) is 20.0. The molecule has 36 heavy (non-hydrogen) atoms. The fourth-order valence-electron chi connectivity index (χ4n) is 3.00. The molecule has 0 saturated carbocycles. The Morgan fingerprint density at radius 3 is 1.86 bits per heavy atom. The highest BCUT2D eigenvalue weighted by molar-refractivity contribution is 7.98. The smallest absolute Gasteiger partial charge is 0.357 e. The second-order valence-electron chi connectivity index (χ2n) is 7.25. The van der Waals surface area contributed by atoms with Crippen LogP contribution in [-0.2, 0) is 21.0 Å². The Morgan fingerprint density at radius 1 is 0.694 bits per heavy atom. The van der Waals surface area contributed by atoms with Crippen LogP contribution in [0, 0.1) is 0 Å². The molecule has 0 unspecified atom stereocenters. The third-order valence-electron chi connectivity index (χ3n) is 4.81. The molecule has 2 heterocycles. The lowest BCUT2D eigenvalue weighted by atomic mass is 10.2. The van der Waals surface area contributed by atoms with E-state index in [1.807, 2.05) is 54.6 Å². The molecule has 0 amide bonds. The molecule has 0 radical (unpaired) electrons. The molecule has 0 fully saturated rings. The molecule has 0 saturated heterocycles. The van der Waals surface area contributed by atoms with Gasteiger partial charge in [0.25, 0.3) is 0 Å². The van der Waals surface area contributed by atoms with Crippen molar-refractivity contribution in [2.75, 3.05) is 14.2 Å². The van der Waals surface area contributed by atoms with Crippen molar-refractivity contribution in [2.24, 2.45) is 0 Å². The van der Waals surface area contributed by atoms with Gasteiger partial charge in [0.15, 0.2) is 5.69 Å². The monoisotopic (exact) mass is 518 g/mol. The minimum Gasteiger partial charge on any atom is -0.465 e. The SMILES string of the molecule is COC(=O)c1cnccc1SCc1ccccc1.COC(=O)c1ncccc1SCc1ccccc1. The summed E-state index contributed by atoms with van der Waals surface area (Å²) in [5.41, 5.74) is 3.32. The summed E-state index contributed by atoms with van der Waals surface area (Å²) in [4.78, 5) is 32.9. The zero-order chi connectivity index (χ0) is 25.6. The van der Waals surface area contributed by atoms with E-state index in [-0.39, 0.29) is 5.97 Å². The molecule has 0 aliphatic heterocycles. The molecular formula is C28H26N2O4S2. The summed E-state index contributed by atoms with van der Waals surface area (Å²) in [5.74, 6) is 0.871. The minimum atomic E-state index is -0.397. The lowest BCUT2D eigenvalue weighted by molar-refractivity contribution is 0.0583. The molecule has 4 rings (SSSR count). The van der Waals surface area contributed by atoms with Gasteiger partial charge in [-0.3, -0.25) is 4.98 Å². The zero-order valence-corrected chi connectivity index (χ0v) is 21.6. The van der Waals surface area contributed by atoms with Gasteiger partial charge in [-0.2, -0.15) is 0 Å². The van der Waals surface area contributed by atoms with E-state index < -0.39 is 5.97 Å². The number of carbonyl (C=O) groups excluding carboxylic acids is 2. The van der Waals surface area contributed by atoms with Crippen LogP contribution >= 0.6 is 23.5 Å². The molecule has 4 aromatic rings. The Labute approximate surface area is 219 Å². The van der Waals surface area contributed by atoms with E-state index in [1.165, 1.54) is 25.3 Å². The Hall–Kier alpha value is -3.62. The van der Waals surface area contributed by atoms with Crippen molar-refractivity contribution in [3.63, 3.8) is 0 Å². The summed E-state index contributed by atoms with van der Waals surface area (Å²) in [6.45, 7) is 0. The molecule has 0 aliphatic carbocycles. The van der Waals surface area contributed by atoms with Crippen LogP contribution < -0.4 is 0 Å². The molecule has 8 heteroatoms. The quantitative estimate of drug-likeness (QED) is 0.198. The van der Waals surface area contributed by atoms with Crippen molar-refractivity contribution in [1.82, 2.24) is 9.97 Å². The van der Waals surface area contributed by atoms with E-state index in [0.717, 1.165) is 21.3 Å². The standard InChI is InChI=1S/2C14H13NO2S/c1-17-14(16)13-12(8-5-9-15-13)18-10-11-6-3-2-4-7-11;1-17-14(16)12-9-15-8-7-13(12)18-10-11-5-3-2-4-6-11/h2*2-9H,10H2,1H3. The molecule has 0 N–H and O–H groups in total. The molecule has 184 valence electrons. The van der Waals surface area contributed by atoms with Crippen molar-refractivity contribution >= 4 is 35.5 Å². The second kappa shape index (κ2) is 14.7. The lowest BCUT2D eigenvalue weighted by Crippen LogP contribution is -2.05. The Morgan fingerprint density at radius 2 is 1.28 bits per heavy atom. The maximum atomic E-state index is 11.6. The van der Waals surface area contributed by atoms with Crippen molar-refractivity contribution < 1.29 is 19.1 Å². The Bertz CT molecular complexity index is 1160. The van der Waals surface area contributed by atoms with E-state index in [0.29, 0.717) is 11.3 Å². The summed E-state index contributed by atoms with van der Waals surface area (Å²) in [6, 6.07) is 25.7. The first-order valence-corrected chi connectivity index (χ1v) is 13.0. The number of benzene rings is 2. The largest absolute Gasteiger partial charge is 0.465 e. The van der Waals surface area contributed by atoms with Crippen LogP contribution in [0.3, 0.4) is 0 Å². The molecule has 0 spiro atoms. The number of nitrogens with zero attached hydrogens (tertiary/aromatic N) is 2. The van der Waals surface area contributed by atoms with Gasteiger partial charge in [-0.25, -0.2) is 14.6 Å². The van der Waals surface area contributed by atoms with Crippen molar-refractivity contribution in [2.45, 2.75) is 21.3 Å². The second-order valence-corrected chi connectivity index (χ2v) is 9.29. The third kappa shape index (κ3) is 8.25. The number of aromatic nitrogens is 2. The molecule has 0 bridgehead atoms. The van der Waals surface area contributed by atoms with E-state index >= 15 is 0 Å². The van der Waals surface area contributed by atoms with Crippen molar-refractivity contribution in [3.05, 3.63) is 120 Å². The van der Waals surface area contributed by atoms with E-state index in [9.17, 15) is 9.59 Å². The average molecular weight is 519 g/mol. The number of esters is 2. The van der Waals surface area contributed by atoms with Crippen LogP contribution in [0.15, 0.2) is 107 Å². The van der Waals surface area contributed by atoms with Crippen LogP contribution in [0.2, 0.25) is 0 Å². The van der Waals surface area contributed by atoms with Gasteiger partial charge in [0.1, 0.15) is 0 Å². The van der Waals surface area contributed by atoms with Gasteiger partial charge in [0, 0.05) is 39.9 Å². The number of ether oxygens (including phenoxy) is 2. The first-order valence-electron chi connectivity index (χ1n) is 11.0. The molecule has 2 aromatic carbocycles. The van der Waals surface area contributed by atoms with Gasteiger partial charge >= 0.3 is 11.9 Å². The van der Waals surface area contributed by atoms with Gasteiger partial charge in [0.05, 0.1) is 19.8 Å². The fraction of sp³-hybridized carbons (Fsp3) is 0.143. The number of hydrogen-bond acceptors (Lipinski definition) is 8. The van der Waals surface area contributed by atoms with Crippen LogP contribution in [0.1, 0.15) is 32.0 Å². The summed E-state index contributed by atoms with van der Waals surface area (Å²) >= 11 is 3.18. The van der Waals surface area contributed by atoms with Crippen molar-refractivity contribution in [1.29, 1.82) is 0 Å². The van der Waals surface area contributed by atoms with Gasteiger partial charge in [0.2, 0.25) is 0 Å².